The van der Waals surface area contributed by atoms with Crippen molar-refractivity contribution in [3.8, 4) is 34.1 Å². The zero-order valence-corrected chi connectivity index (χ0v) is 31.2. The number of ether oxygens (including phenoxy) is 2. The lowest BCUT2D eigenvalue weighted by Gasteiger charge is -2.31. The molecule has 2 aliphatic heterocycles. The van der Waals surface area contributed by atoms with Gasteiger partial charge in [0.05, 0.1) is 30.6 Å². The van der Waals surface area contributed by atoms with Crippen LogP contribution in [0.25, 0.3) is 22.5 Å². The number of halogens is 1. The largest absolute Gasteiger partial charge is 0.496 e. The summed E-state index contributed by atoms with van der Waals surface area (Å²) in [6.45, 7) is 6.71. The second-order valence-corrected chi connectivity index (χ2v) is 13.7. The van der Waals surface area contributed by atoms with Gasteiger partial charge in [-0.3, -0.25) is 24.4 Å². The molecular formula is C39H45ClN8O5. The number of piperidine rings is 1. The number of amides is 3. The minimum absolute atomic E-state index is 0.0736. The number of carbonyl (C=O) groups excluding carboxylic acids is 3. The number of aromatic nitrogens is 3. The maximum atomic E-state index is 13.4. The highest BCUT2D eigenvalue weighted by Crippen LogP contribution is 2.38. The Morgan fingerprint density at radius 1 is 1.00 bits per heavy atom. The van der Waals surface area contributed by atoms with Gasteiger partial charge in [0.25, 0.3) is 5.91 Å². The summed E-state index contributed by atoms with van der Waals surface area (Å²) in [5.74, 6) is 0.835. The van der Waals surface area contributed by atoms with Crippen LogP contribution in [0.2, 0.25) is 5.02 Å². The molecule has 0 radical (unpaired) electrons. The summed E-state index contributed by atoms with van der Waals surface area (Å²) >= 11 is 7.04. The molecule has 2 fully saturated rings. The smallest absolute Gasteiger partial charge is 0.274 e. The maximum absolute atomic E-state index is 13.4. The summed E-state index contributed by atoms with van der Waals surface area (Å²) in [6, 6.07) is 13.3. The lowest BCUT2D eigenvalue weighted by molar-refractivity contribution is -0.130. The summed E-state index contributed by atoms with van der Waals surface area (Å²) < 4.78 is 11.3. The van der Waals surface area contributed by atoms with Crippen molar-refractivity contribution in [1.29, 1.82) is 0 Å². The second kappa shape index (κ2) is 17.1. The molecule has 53 heavy (non-hydrogen) atoms. The summed E-state index contributed by atoms with van der Waals surface area (Å²) in [6.07, 6.45) is 6.46. The van der Waals surface area contributed by atoms with Crippen LogP contribution in [-0.4, -0.2) is 83.5 Å². The number of benzene rings is 1. The first-order valence-electron chi connectivity index (χ1n) is 17.8. The summed E-state index contributed by atoms with van der Waals surface area (Å²) in [5.41, 5.74) is 5.92. The van der Waals surface area contributed by atoms with E-state index in [4.69, 9.17) is 26.1 Å². The standard InChI is InChI=1S/C39H45ClN8O5/c1-23-29(6-5-7-31(23)46-38(51)33-18-34(52-3)26(21-44-33)19-41-22-28-9-11-35(50)45-28)37-36(40)30(12-15-42-37)32-10-8-25(39(47-32)53-4)20-43-27-13-16-48(17-14-27)24(2)49/h5-8,10,12,15,18,21,27-28,41,43H,9,11,13-14,16-17,19-20,22H2,1-4H3,(H,45,50)(H,46,51). The summed E-state index contributed by atoms with van der Waals surface area (Å²) in [5, 5.41) is 13.3. The van der Waals surface area contributed by atoms with Gasteiger partial charge in [-0.05, 0) is 49.9 Å². The van der Waals surface area contributed by atoms with Crippen molar-refractivity contribution in [3.63, 3.8) is 0 Å². The summed E-state index contributed by atoms with van der Waals surface area (Å²) in [4.78, 5) is 52.3. The number of hydrogen-bond acceptors (Lipinski definition) is 10. The van der Waals surface area contributed by atoms with E-state index in [9.17, 15) is 14.4 Å². The zero-order chi connectivity index (χ0) is 37.5. The van der Waals surface area contributed by atoms with Gasteiger partial charge < -0.3 is 35.6 Å². The van der Waals surface area contributed by atoms with Crippen LogP contribution in [0.4, 0.5) is 5.69 Å². The normalized spacial score (nSPS) is 16.0. The molecule has 0 saturated carbocycles. The van der Waals surface area contributed by atoms with Crippen molar-refractivity contribution >= 4 is 35.0 Å². The highest BCUT2D eigenvalue weighted by atomic mass is 35.5. The highest BCUT2D eigenvalue weighted by molar-refractivity contribution is 6.35. The fourth-order valence-corrected chi connectivity index (χ4v) is 7.06. The third kappa shape index (κ3) is 8.93. The van der Waals surface area contributed by atoms with Crippen molar-refractivity contribution in [2.45, 2.75) is 64.7 Å². The van der Waals surface area contributed by atoms with E-state index < -0.39 is 5.91 Å². The summed E-state index contributed by atoms with van der Waals surface area (Å²) in [7, 11) is 3.15. The van der Waals surface area contributed by atoms with Crippen molar-refractivity contribution in [3.05, 3.63) is 82.3 Å². The lowest BCUT2D eigenvalue weighted by Crippen LogP contribution is -2.44. The Morgan fingerprint density at radius 3 is 2.53 bits per heavy atom. The molecule has 2 saturated heterocycles. The first-order valence-corrected chi connectivity index (χ1v) is 18.1. The number of hydrogen-bond donors (Lipinski definition) is 4. The molecule has 3 aromatic heterocycles. The maximum Gasteiger partial charge on any atom is 0.274 e. The lowest BCUT2D eigenvalue weighted by atomic mass is 10.0. The van der Waals surface area contributed by atoms with Crippen LogP contribution in [-0.2, 0) is 22.7 Å². The molecule has 3 amide bonds. The third-order valence-corrected chi connectivity index (χ3v) is 10.2. The van der Waals surface area contributed by atoms with E-state index in [2.05, 4.69) is 31.2 Å². The Balaban J connectivity index is 1.14. The van der Waals surface area contributed by atoms with Crippen molar-refractivity contribution in [2.24, 2.45) is 0 Å². The Morgan fingerprint density at radius 2 is 1.81 bits per heavy atom. The Bertz CT molecular complexity index is 1980. The van der Waals surface area contributed by atoms with Gasteiger partial charge in [-0.25, -0.2) is 4.98 Å². The van der Waals surface area contributed by atoms with Gasteiger partial charge in [-0.2, -0.15) is 0 Å². The van der Waals surface area contributed by atoms with Gasteiger partial charge in [0, 0.05) is 105 Å². The average Bonchev–Trinajstić information content (AvgIpc) is 3.59. The van der Waals surface area contributed by atoms with E-state index in [1.807, 2.05) is 48.2 Å². The van der Waals surface area contributed by atoms with Crippen LogP contribution >= 0.6 is 11.6 Å². The van der Waals surface area contributed by atoms with Crippen LogP contribution < -0.4 is 30.7 Å². The molecule has 6 rings (SSSR count). The predicted octanol–water partition coefficient (Wildman–Crippen LogP) is 4.91. The molecule has 4 N–H and O–H groups in total. The van der Waals surface area contributed by atoms with Gasteiger partial charge >= 0.3 is 0 Å². The van der Waals surface area contributed by atoms with Crippen LogP contribution in [0.15, 0.2) is 54.9 Å². The van der Waals surface area contributed by atoms with Crippen molar-refractivity contribution in [1.82, 2.24) is 35.8 Å². The fraction of sp³-hybridized carbons (Fsp3) is 0.385. The zero-order valence-electron chi connectivity index (χ0n) is 30.4. The first-order chi connectivity index (χ1) is 25.6. The number of nitrogens with zero attached hydrogens (tertiary/aromatic N) is 4. The molecular weight excluding hydrogens is 696 g/mol. The molecule has 1 atom stereocenters. The number of carbonyl (C=O) groups is 3. The first kappa shape index (κ1) is 37.6. The van der Waals surface area contributed by atoms with Crippen LogP contribution in [0.3, 0.4) is 0 Å². The van der Waals surface area contributed by atoms with E-state index in [-0.39, 0.29) is 23.6 Å². The number of nitrogens with one attached hydrogen (secondary N) is 4. The van der Waals surface area contributed by atoms with Crippen LogP contribution in [0.5, 0.6) is 11.6 Å². The number of pyridine rings is 3. The third-order valence-electron chi connectivity index (χ3n) is 9.84. The number of methoxy groups -OCH3 is 2. The van der Waals surface area contributed by atoms with Crippen molar-refractivity contribution < 1.29 is 23.9 Å². The molecule has 4 aromatic rings. The molecule has 2 aliphatic rings. The average molecular weight is 741 g/mol. The topological polar surface area (TPSA) is 160 Å². The van der Waals surface area contributed by atoms with E-state index in [0.717, 1.165) is 54.6 Å². The molecule has 0 aliphatic carbocycles. The number of likely N-dealkylation sites (tertiary alicyclic amines) is 1. The Labute approximate surface area is 314 Å². The van der Waals surface area contributed by atoms with Crippen molar-refractivity contribution in [2.75, 3.05) is 39.2 Å². The molecule has 0 spiro atoms. The van der Waals surface area contributed by atoms with E-state index in [1.165, 1.54) is 0 Å². The molecule has 13 nitrogen and oxygen atoms in total. The van der Waals surface area contributed by atoms with Gasteiger partial charge in [0.2, 0.25) is 17.7 Å². The van der Waals surface area contributed by atoms with E-state index in [1.54, 1.807) is 39.6 Å². The minimum atomic E-state index is -0.392. The van der Waals surface area contributed by atoms with Gasteiger partial charge in [-0.15, -0.1) is 0 Å². The quantitative estimate of drug-likeness (QED) is 0.148. The predicted molar refractivity (Wildman–Crippen MR) is 203 cm³/mol. The molecule has 1 unspecified atom stereocenters. The molecule has 278 valence electrons. The minimum Gasteiger partial charge on any atom is -0.496 e. The fourth-order valence-electron chi connectivity index (χ4n) is 6.75. The number of anilines is 1. The monoisotopic (exact) mass is 740 g/mol. The Hall–Kier alpha value is -5.11. The van der Waals surface area contributed by atoms with Crippen LogP contribution in [0, 0.1) is 6.92 Å². The Kier molecular flexibility index (Phi) is 12.2. The highest BCUT2D eigenvalue weighted by Gasteiger charge is 2.23. The SMILES string of the molecule is COc1cc(C(=O)Nc2cccc(-c3nccc(-c4ccc(CNC5CCN(C(C)=O)CC5)c(OC)n4)c3Cl)c2C)ncc1CNCC1CCC(=O)N1. The van der Waals surface area contributed by atoms with Crippen LogP contribution in [0.1, 0.15) is 59.8 Å². The molecule has 5 heterocycles. The molecule has 1 aromatic carbocycles. The van der Waals surface area contributed by atoms with Gasteiger partial charge in [0.1, 0.15) is 11.4 Å². The molecule has 0 bridgehead atoms. The van der Waals surface area contributed by atoms with Gasteiger partial charge in [0.15, 0.2) is 0 Å². The van der Waals surface area contributed by atoms with E-state index in [0.29, 0.717) is 71.4 Å². The second-order valence-electron chi connectivity index (χ2n) is 13.3. The van der Waals surface area contributed by atoms with E-state index >= 15 is 0 Å². The number of rotatable bonds is 13. The molecule has 14 heteroatoms. The van der Waals surface area contributed by atoms with Gasteiger partial charge in [-0.1, -0.05) is 29.8 Å².